The SMILES string of the molecule is C=C(O)c1c(-c2ccc[nH]c2=O)c2c3c(c(F)cc2n1Cc1cnc2nc[nH]c(=O)c2c1)CCCO3. The van der Waals surface area contributed by atoms with E-state index < -0.39 is 5.82 Å². The molecule has 0 spiro atoms. The lowest BCUT2D eigenvalue weighted by molar-refractivity contribution is 0.288. The van der Waals surface area contributed by atoms with Crippen LogP contribution < -0.4 is 15.9 Å². The minimum Gasteiger partial charge on any atom is -0.506 e. The van der Waals surface area contributed by atoms with Crippen LogP contribution in [0.5, 0.6) is 5.75 Å². The summed E-state index contributed by atoms with van der Waals surface area (Å²) in [4.78, 5) is 38.7. The molecule has 0 bridgehead atoms. The first-order valence-corrected chi connectivity index (χ1v) is 11.3. The molecular formula is C26H20FN5O4. The Morgan fingerprint density at radius 3 is 2.89 bits per heavy atom. The third-order valence-electron chi connectivity index (χ3n) is 6.43. The molecule has 0 fully saturated rings. The number of ether oxygens (including phenoxy) is 1. The minimum absolute atomic E-state index is 0.103. The van der Waals surface area contributed by atoms with Crippen LogP contribution in [0, 0.1) is 5.82 Å². The van der Waals surface area contributed by atoms with E-state index in [9.17, 15) is 14.7 Å². The molecule has 36 heavy (non-hydrogen) atoms. The maximum absolute atomic E-state index is 15.3. The molecule has 0 saturated carbocycles. The Kier molecular flexibility index (Phi) is 4.96. The summed E-state index contributed by atoms with van der Waals surface area (Å²) in [6, 6.07) is 6.34. The van der Waals surface area contributed by atoms with Gasteiger partial charge in [-0.15, -0.1) is 0 Å². The maximum Gasteiger partial charge on any atom is 0.260 e. The molecule has 0 amide bonds. The smallest absolute Gasteiger partial charge is 0.260 e. The third-order valence-corrected chi connectivity index (χ3v) is 6.43. The molecule has 5 aromatic rings. The molecule has 0 unspecified atom stereocenters. The van der Waals surface area contributed by atoms with Crippen molar-refractivity contribution < 1.29 is 14.2 Å². The Balaban J connectivity index is 1.70. The van der Waals surface area contributed by atoms with Crippen molar-refractivity contribution >= 4 is 27.7 Å². The fraction of sp³-hybridized carbons (Fsp3) is 0.154. The third kappa shape index (κ3) is 3.29. The molecule has 0 saturated heterocycles. The van der Waals surface area contributed by atoms with Crippen LogP contribution in [0.1, 0.15) is 23.2 Å². The molecule has 1 aliphatic heterocycles. The predicted molar refractivity (Wildman–Crippen MR) is 133 cm³/mol. The number of pyridine rings is 2. The first-order chi connectivity index (χ1) is 17.4. The average Bonchev–Trinajstić information content (AvgIpc) is 3.19. The molecule has 0 aliphatic carbocycles. The van der Waals surface area contributed by atoms with E-state index in [1.807, 2.05) is 0 Å². The highest BCUT2D eigenvalue weighted by Gasteiger charge is 2.29. The van der Waals surface area contributed by atoms with Gasteiger partial charge in [-0.1, -0.05) is 6.58 Å². The molecule has 5 heterocycles. The van der Waals surface area contributed by atoms with Gasteiger partial charge in [0, 0.05) is 35.6 Å². The molecule has 1 aromatic carbocycles. The van der Waals surface area contributed by atoms with E-state index in [2.05, 4.69) is 26.5 Å². The number of aromatic nitrogens is 5. The lowest BCUT2D eigenvalue weighted by Crippen LogP contribution is -2.11. The number of halogens is 1. The van der Waals surface area contributed by atoms with Crippen molar-refractivity contribution in [2.45, 2.75) is 19.4 Å². The van der Waals surface area contributed by atoms with E-state index in [1.54, 1.807) is 29.0 Å². The fourth-order valence-corrected chi connectivity index (χ4v) is 4.91. The summed E-state index contributed by atoms with van der Waals surface area (Å²) in [5.41, 5.74) is 1.93. The zero-order chi connectivity index (χ0) is 25.0. The van der Waals surface area contributed by atoms with Crippen LogP contribution in [-0.4, -0.2) is 36.2 Å². The average molecular weight is 485 g/mol. The lowest BCUT2D eigenvalue weighted by Gasteiger charge is -2.19. The van der Waals surface area contributed by atoms with Crippen molar-refractivity contribution in [1.29, 1.82) is 0 Å². The molecular weight excluding hydrogens is 465 g/mol. The van der Waals surface area contributed by atoms with E-state index in [0.29, 0.717) is 58.2 Å². The monoisotopic (exact) mass is 485 g/mol. The van der Waals surface area contributed by atoms with Crippen LogP contribution in [-0.2, 0) is 13.0 Å². The molecule has 10 heteroatoms. The van der Waals surface area contributed by atoms with Crippen molar-refractivity contribution in [3.05, 3.63) is 92.9 Å². The second kappa shape index (κ2) is 8.19. The summed E-state index contributed by atoms with van der Waals surface area (Å²) in [7, 11) is 0. The Bertz CT molecular complexity index is 1820. The second-order valence-corrected chi connectivity index (χ2v) is 8.63. The number of hydrogen-bond acceptors (Lipinski definition) is 6. The van der Waals surface area contributed by atoms with Gasteiger partial charge in [-0.2, -0.15) is 0 Å². The normalized spacial score (nSPS) is 13.0. The van der Waals surface area contributed by atoms with Gasteiger partial charge in [-0.3, -0.25) is 9.59 Å². The van der Waals surface area contributed by atoms with Crippen molar-refractivity contribution in [3.8, 4) is 16.9 Å². The molecule has 1 aliphatic rings. The van der Waals surface area contributed by atoms with E-state index >= 15 is 4.39 Å². The van der Waals surface area contributed by atoms with Crippen molar-refractivity contribution in [2.75, 3.05) is 6.61 Å². The van der Waals surface area contributed by atoms with Gasteiger partial charge in [-0.05, 0) is 42.7 Å². The predicted octanol–water partition coefficient (Wildman–Crippen LogP) is 3.67. The van der Waals surface area contributed by atoms with Gasteiger partial charge >= 0.3 is 0 Å². The summed E-state index contributed by atoms with van der Waals surface area (Å²) < 4.78 is 22.9. The van der Waals surface area contributed by atoms with Crippen LogP contribution in [0.4, 0.5) is 4.39 Å². The summed E-state index contributed by atoms with van der Waals surface area (Å²) in [6.07, 6.45) is 5.51. The fourth-order valence-electron chi connectivity index (χ4n) is 4.91. The van der Waals surface area contributed by atoms with Gasteiger partial charge in [0.2, 0.25) is 0 Å². The highest BCUT2D eigenvalue weighted by atomic mass is 19.1. The zero-order valence-corrected chi connectivity index (χ0v) is 19.0. The van der Waals surface area contributed by atoms with E-state index in [4.69, 9.17) is 4.74 Å². The van der Waals surface area contributed by atoms with Crippen LogP contribution >= 0.6 is 0 Å². The molecule has 0 radical (unpaired) electrons. The number of nitrogens with one attached hydrogen (secondary N) is 2. The molecule has 9 nitrogen and oxygen atoms in total. The Labute approximate surface area is 202 Å². The highest BCUT2D eigenvalue weighted by molar-refractivity contribution is 6.06. The number of H-pyrrole nitrogens is 2. The minimum atomic E-state index is -0.433. The Morgan fingerprint density at radius 2 is 2.08 bits per heavy atom. The van der Waals surface area contributed by atoms with Gasteiger partial charge in [0.15, 0.2) is 5.65 Å². The Hall–Kier alpha value is -4.73. The number of aromatic amines is 2. The highest BCUT2D eigenvalue weighted by Crippen LogP contribution is 2.45. The molecule has 6 rings (SSSR count). The standard InChI is InChI=1S/C26H20FN5O4/c1-13(33)22-20(16-4-2-6-28-25(16)34)21-19(9-18(27)15-5-3-7-36-23(15)21)32(22)11-14-8-17-24(29-10-14)30-12-31-26(17)35/h2,4,6,8-10,12,33H,1,3,5,7,11H2,(H,28,34)(H,29,30,31,35). The van der Waals surface area contributed by atoms with E-state index in [1.165, 1.54) is 18.6 Å². The second-order valence-electron chi connectivity index (χ2n) is 8.63. The van der Waals surface area contributed by atoms with Gasteiger partial charge in [0.25, 0.3) is 11.1 Å². The van der Waals surface area contributed by atoms with Gasteiger partial charge < -0.3 is 24.4 Å². The summed E-state index contributed by atoms with van der Waals surface area (Å²) >= 11 is 0. The number of hydrogen-bond donors (Lipinski definition) is 3. The van der Waals surface area contributed by atoms with Crippen LogP contribution in [0.25, 0.3) is 38.8 Å². The molecule has 4 aromatic heterocycles. The molecule has 0 atom stereocenters. The maximum atomic E-state index is 15.3. The number of rotatable bonds is 4. The number of aliphatic hydroxyl groups is 1. The number of nitrogens with zero attached hydrogens (tertiary/aromatic N) is 3. The zero-order valence-electron chi connectivity index (χ0n) is 19.0. The number of benzene rings is 1. The summed E-state index contributed by atoms with van der Waals surface area (Å²) in [5.74, 6) is -0.382. The van der Waals surface area contributed by atoms with E-state index in [-0.39, 0.29) is 40.3 Å². The van der Waals surface area contributed by atoms with Crippen LogP contribution in [0.2, 0.25) is 0 Å². The topological polar surface area (TPSA) is 126 Å². The number of aliphatic hydroxyl groups excluding tert-OH is 1. The summed E-state index contributed by atoms with van der Waals surface area (Å²) in [5, 5.41) is 11.6. The van der Waals surface area contributed by atoms with Crippen LogP contribution in [0.15, 0.2) is 59.2 Å². The van der Waals surface area contributed by atoms with E-state index in [0.717, 1.165) is 0 Å². The van der Waals surface area contributed by atoms with Gasteiger partial charge in [0.05, 0.1) is 34.9 Å². The lowest BCUT2D eigenvalue weighted by atomic mass is 9.97. The van der Waals surface area contributed by atoms with Crippen molar-refractivity contribution in [1.82, 2.24) is 24.5 Å². The van der Waals surface area contributed by atoms with Crippen molar-refractivity contribution in [3.63, 3.8) is 0 Å². The number of fused-ring (bicyclic) bond motifs is 4. The van der Waals surface area contributed by atoms with Gasteiger partial charge in [-0.25, -0.2) is 14.4 Å². The first kappa shape index (κ1) is 21.8. The van der Waals surface area contributed by atoms with Crippen LogP contribution in [0.3, 0.4) is 0 Å². The molecule has 3 N–H and O–H groups in total. The Morgan fingerprint density at radius 1 is 1.22 bits per heavy atom. The van der Waals surface area contributed by atoms with Gasteiger partial charge in [0.1, 0.15) is 17.3 Å². The summed E-state index contributed by atoms with van der Waals surface area (Å²) in [6.45, 7) is 4.25. The first-order valence-electron chi connectivity index (χ1n) is 11.3. The molecule has 180 valence electrons. The quantitative estimate of drug-likeness (QED) is 0.334. The largest absolute Gasteiger partial charge is 0.506 e. The van der Waals surface area contributed by atoms with Crippen molar-refractivity contribution in [2.24, 2.45) is 0 Å².